The minimum atomic E-state index is 0.590. The molecule has 2 aromatic rings. The Kier molecular flexibility index (Phi) is 2.40. The van der Waals surface area contributed by atoms with Crippen LogP contribution in [0.2, 0.25) is 0 Å². The highest BCUT2D eigenvalue weighted by Gasteiger charge is 2.05. The molecule has 2 rings (SSSR count). The first-order chi connectivity index (χ1) is 6.40. The third-order valence-corrected chi connectivity index (χ3v) is 2.09. The summed E-state index contributed by atoms with van der Waals surface area (Å²) in [7, 11) is 0. The minimum absolute atomic E-state index is 0.590. The van der Waals surface area contributed by atoms with Crippen LogP contribution in [0.1, 0.15) is 5.89 Å². The summed E-state index contributed by atoms with van der Waals surface area (Å²) < 4.78 is 4.96. The van der Waals surface area contributed by atoms with Crippen LogP contribution >= 0.6 is 15.9 Å². The fraction of sp³-hybridized carbons (Fsp3) is 0.111. The predicted molar refractivity (Wildman–Crippen MR) is 52.4 cm³/mol. The van der Waals surface area contributed by atoms with Gasteiger partial charge in [0.05, 0.1) is 5.33 Å². The van der Waals surface area contributed by atoms with Gasteiger partial charge in [-0.25, -0.2) is 0 Å². The van der Waals surface area contributed by atoms with Crippen molar-refractivity contribution in [2.75, 3.05) is 0 Å². The van der Waals surface area contributed by atoms with Gasteiger partial charge in [-0.1, -0.05) is 51.4 Å². The van der Waals surface area contributed by atoms with Gasteiger partial charge >= 0.3 is 0 Å². The van der Waals surface area contributed by atoms with Gasteiger partial charge in [0.1, 0.15) is 0 Å². The Balaban J connectivity index is 2.36. The van der Waals surface area contributed by atoms with Gasteiger partial charge in [0.2, 0.25) is 11.7 Å². The fourth-order valence-electron chi connectivity index (χ4n) is 1.01. The van der Waals surface area contributed by atoms with E-state index in [-0.39, 0.29) is 0 Å². The first-order valence-electron chi connectivity index (χ1n) is 3.84. The highest BCUT2D eigenvalue weighted by atomic mass is 79.9. The van der Waals surface area contributed by atoms with Gasteiger partial charge in [0, 0.05) is 5.56 Å². The van der Waals surface area contributed by atoms with Crippen molar-refractivity contribution in [3.05, 3.63) is 36.2 Å². The lowest BCUT2D eigenvalue weighted by atomic mass is 10.2. The molecule has 0 fully saturated rings. The third kappa shape index (κ3) is 1.78. The molecule has 0 saturated heterocycles. The molecule has 1 aromatic heterocycles. The van der Waals surface area contributed by atoms with Crippen molar-refractivity contribution in [1.82, 2.24) is 10.1 Å². The number of hydrogen-bond donors (Lipinski definition) is 0. The summed E-state index contributed by atoms with van der Waals surface area (Å²) in [5.74, 6) is 1.23. The van der Waals surface area contributed by atoms with Crippen LogP contribution in [0.15, 0.2) is 34.9 Å². The van der Waals surface area contributed by atoms with E-state index < -0.39 is 0 Å². The number of halogens is 1. The first kappa shape index (κ1) is 8.44. The van der Waals surface area contributed by atoms with Gasteiger partial charge in [0.15, 0.2) is 0 Å². The van der Waals surface area contributed by atoms with E-state index >= 15 is 0 Å². The average Bonchev–Trinajstić information content (AvgIpc) is 2.67. The van der Waals surface area contributed by atoms with E-state index in [1.807, 2.05) is 30.3 Å². The minimum Gasteiger partial charge on any atom is -0.338 e. The molecule has 13 heavy (non-hydrogen) atoms. The van der Waals surface area contributed by atoms with E-state index in [9.17, 15) is 0 Å². The molecule has 0 N–H and O–H groups in total. The molecule has 0 spiro atoms. The van der Waals surface area contributed by atoms with Crippen LogP contribution in [0.3, 0.4) is 0 Å². The van der Waals surface area contributed by atoms with E-state index in [0.717, 1.165) is 5.56 Å². The quantitative estimate of drug-likeness (QED) is 0.756. The molecule has 0 radical (unpaired) electrons. The Labute approximate surface area is 83.9 Å². The Morgan fingerprint density at radius 2 is 2.00 bits per heavy atom. The second-order valence-corrected chi connectivity index (χ2v) is 3.07. The molecule has 0 bridgehead atoms. The zero-order valence-corrected chi connectivity index (χ0v) is 8.36. The van der Waals surface area contributed by atoms with E-state index in [1.54, 1.807) is 0 Å². The molecule has 0 aliphatic heterocycles. The van der Waals surface area contributed by atoms with E-state index in [1.165, 1.54) is 0 Å². The Morgan fingerprint density at radius 1 is 1.23 bits per heavy atom. The molecule has 0 unspecified atom stereocenters. The van der Waals surface area contributed by atoms with Gasteiger partial charge in [-0.3, -0.25) is 0 Å². The molecule has 1 aromatic carbocycles. The molecule has 3 nitrogen and oxygen atoms in total. The van der Waals surface area contributed by atoms with Crippen LogP contribution in [0.5, 0.6) is 0 Å². The zero-order chi connectivity index (χ0) is 9.10. The number of aromatic nitrogens is 2. The van der Waals surface area contributed by atoms with E-state index in [4.69, 9.17) is 4.52 Å². The molecular formula is C9H7BrN2O. The topological polar surface area (TPSA) is 38.9 Å². The number of rotatable bonds is 2. The molecule has 0 atom stereocenters. The molecule has 0 amide bonds. The molecule has 66 valence electrons. The maximum Gasteiger partial charge on any atom is 0.237 e. The molecule has 0 aliphatic carbocycles. The van der Waals surface area contributed by atoms with Crippen molar-refractivity contribution in [3.63, 3.8) is 0 Å². The van der Waals surface area contributed by atoms with Gasteiger partial charge in [0.25, 0.3) is 0 Å². The van der Waals surface area contributed by atoms with Crippen LogP contribution < -0.4 is 0 Å². The van der Waals surface area contributed by atoms with Gasteiger partial charge < -0.3 is 4.52 Å². The van der Waals surface area contributed by atoms with Crippen LogP contribution in [-0.4, -0.2) is 10.1 Å². The van der Waals surface area contributed by atoms with Gasteiger partial charge in [-0.15, -0.1) is 0 Å². The van der Waals surface area contributed by atoms with Crippen molar-refractivity contribution >= 4 is 15.9 Å². The standard InChI is InChI=1S/C9H7BrN2O/c10-6-8-11-9(12-13-8)7-4-2-1-3-5-7/h1-5H,6H2. The lowest BCUT2D eigenvalue weighted by Crippen LogP contribution is -1.79. The van der Waals surface area contributed by atoms with Crippen molar-refractivity contribution in [2.24, 2.45) is 0 Å². The predicted octanol–water partition coefficient (Wildman–Crippen LogP) is 2.63. The number of alkyl halides is 1. The second-order valence-electron chi connectivity index (χ2n) is 2.51. The third-order valence-electron chi connectivity index (χ3n) is 1.61. The van der Waals surface area contributed by atoms with E-state index in [0.29, 0.717) is 17.0 Å². The molecular weight excluding hydrogens is 232 g/mol. The number of benzene rings is 1. The van der Waals surface area contributed by atoms with Crippen molar-refractivity contribution in [2.45, 2.75) is 5.33 Å². The average molecular weight is 239 g/mol. The molecule has 1 heterocycles. The summed E-state index contributed by atoms with van der Waals surface area (Å²) in [6.07, 6.45) is 0. The van der Waals surface area contributed by atoms with Gasteiger partial charge in [-0.2, -0.15) is 4.98 Å². The summed E-state index contributed by atoms with van der Waals surface area (Å²) in [6, 6.07) is 9.74. The van der Waals surface area contributed by atoms with Crippen LogP contribution in [0, 0.1) is 0 Å². The van der Waals surface area contributed by atoms with Gasteiger partial charge in [-0.05, 0) is 0 Å². The SMILES string of the molecule is BrCc1nc(-c2ccccc2)no1. The maximum absolute atomic E-state index is 4.96. The summed E-state index contributed by atoms with van der Waals surface area (Å²) in [6.45, 7) is 0. The summed E-state index contributed by atoms with van der Waals surface area (Å²) in [4.78, 5) is 4.17. The fourth-order valence-corrected chi connectivity index (χ4v) is 1.24. The lowest BCUT2D eigenvalue weighted by molar-refractivity contribution is 0.392. The van der Waals surface area contributed by atoms with E-state index in [2.05, 4.69) is 26.1 Å². The highest BCUT2D eigenvalue weighted by Crippen LogP contribution is 2.15. The first-order valence-corrected chi connectivity index (χ1v) is 4.96. The number of hydrogen-bond acceptors (Lipinski definition) is 3. The smallest absolute Gasteiger partial charge is 0.237 e. The zero-order valence-electron chi connectivity index (χ0n) is 6.77. The second kappa shape index (κ2) is 3.70. The van der Waals surface area contributed by atoms with Crippen molar-refractivity contribution in [3.8, 4) is 11.4 Å². The summed E-state index contributed by atoms with van der Waals surface area (Å²) in [5.41, 5.74) is 0.971. The van der Waals surface area contributed by atoms with Crippen LogP contribution in [-0.2, 0) is 5.33 Å². The molecule has 4 heteroatoms. The normalized spacial score (nSPS) is 10.2. The molecule has 0 aliphatic rings. The summed E-state index contributed by atoms with van der Waals surface area (Å²) >= 11 is 3.25. The van der Waals surface area contributed by atoms with Crippen LogP contribution in [0.4, 0.5) is 0 Å². The Bertz CT molecular complexity index is 386. The number of nitrogens with zero attached hydrogens (tertiary/aromatic N) is 2. The maximum atomic E-state index is 4.96. The largest absolute Gasteiger partial charge is 0.338 e. The Morgan fingerprint density at radius 3 is 2.62 bits per heavy atom. The molecule has 0 saturated carbocycles. The van der Waals surface area contributed by atoms with Crippen molar-refractivity contribution in [1.29, 1.82) is 0 Å². The highest BCUT2D eigenvalue weighted by molar-refractivity contribution is 9.08. The van der Waals surface area contributed by atoms with Crippen molar-refractivity contribution < 1.29 is 4.52 Å². The summed E-state index contributed by atoms with van der Waals surface area (Å²) in [5, 5.41) is 4.43. The monoisotopic (exact) mass is 238 g/mol. The lowest BCUT2D eigenvalue weighted by Gasteiger charge is -1.89. The Hall–Kier alpha value is -1.16. The van der Waals surface area contributed by atoms with Crippen LogP contribution in [0.25, 0.3) is 11.4 Å².